The second kappa shape index (κ2) is 4.99. The third-order valence-corrected chi connectivity index (χ3v) is 3.55. The molecule has 5 heteroatoms. The van der Waals surface area contributed by atoms with Crippen LogP contribution in [0.3, 0.4) is 0 Å². The van der Waals surface area contributed by atoms with Crippen molar-refractivity contribution in [1.29, 1.82) is 0 Å². The Hall–Kier alpha value is -1.91. The molecule has 0 spiro atoms. The van der Waals surface area contributed by atoms with Crippen molar-refractivity contribution in [1.82, 2.24) is 4.90 Å². The van der Waals surface area contributed by atoms with Gasteiger partial charge in [0.05, 0.1) is 5.92 Å². The van der Waals surface area contributed by atoms with E-state index < -0.39 is 11.7 Å². The molecule has 2 rings (SSSR count). The van der Waals surface area contributed by atoms with Gasteiger partial charge in [0.25, 0.3) is 5.91 Å². The van der Waals surface area contributed by atoms with E-state index in [4.69, 9.17) is 5.73 Å². The molecule has 2 atom stereocenters. The van der Waals surface area contributed by atoms with Crippen LogP contribution in [-0.4, -0.2) is 29.8 Å². The molecular formula is C14H17FN2O2. The molecule has 4 nitrogen and oxygen atoms in total. The van der Waals surface area contributed by atoms with Crippen LogP contribution in [0.4, 0.5) is 4.39 Å². The fourth-order valence-electron chi connectivity index (χ4n) is 2.55. The average Bonchev–Trinajstić information content (AvgIpc) is 2.69. The molecule has 2 N–H and O–H groups in total. The minimum atomic E-state index is -0.429. The van der Waals surface area contributed by atoms with E-state index in [1.807, 2.05) is 6.92 Å². The smallest absolute Gasteiger partial charge is 0.253 e. The Morgan fingerprint density at radius 1 is 1.32 bits per heavy atom. The van der Waals surface area contributed by atoms with Crippen LogP contribution in [0.15, 0.2) is 18.2 Å². The molecule has 2 amide bonds. The van der Waals surface area contributed by atoms with Gasteiger partial charge in [-0.2, -0.15) is 0 Å². The molecule has 1 aliphatic heterocycles. The van der Waals surface area contributed by atoms with E-state index in [9.17, 15) is 14.0 Å². The summed E-state index contributed by atoms with van der Waals surface area (Å²) in [6, 6.07) is 4.24. The lowest BCUT2D eigenvalue weighted by molar-refractivity contribution is -0.122. The summed E-state index contributed by atoms with van der Waals surface area (Å²) in [5.74, 6) is -1.35. The number of nitrogens with two attached hydrogens (primary N) is 1. The molecule has 1 aromatic carbocycles. The number of amides is 2. The number of rotatable bonds is 2. The van der Waals surface area contributed by atoms with Gasteiger partial charge in [-0.15, -0.1) is 0 Å². The van der Waals surface area contributed by atoms with Crippen LogP contribution in [0.25, 0.3) is 0 Å². The predicted molar refractivity (Wildman–Crippen MR) is 68.9 cm³/mol. The monoisotopic (exact) mass is 264 g/mol. The van der Waals surface area contributed by atoms with Gasteiger partial charge in [-0.05, 0) is 36.6 Å². The van der Waals surface area contributed by atoms with Gasteiger partial charge in [0.1, 0.15) is 5.82 Å². The summed E-state index contributed by atoms with van der Waals surface area (Å²) >= 11 is 0. The second-order valence-corrected chi connectivity index (χ2v) is 5.21. The normalized spacial score (nSPS) is 22.6. The van der Waals surface area contributed by atoms with Crippen molar-refractivity contribution >= 4 is 11.8 Å². The van der Waals surface area contributed by atoms with Crippen LogP contribution in [0.5, 0.6) is 0 Å². The highest BCUT2D eigenvalue weighted by Crippen LogP contribution is 2.24. The van der Waals surface area contributed by atoms with Gasteiger partial charge < -0.3 is 10.6 Å². The highest BCUT2D eigenvalue weighted by atomic mass is 19.1. The minimum absolute atomic E-state index is 0.0381. The molecule has 0 aromatic heterocycles. The third-order valence-electron chi connectivity index (χ3n) is 3.55. The molecule has 0 unspecified atom stereocenters. The molecule has 0 radical (unpaired) electrons. The van der Waals surface area contributed by atoms with Gasteiger partial charge in [0.15, 0.2) is 0 Å². The van der Waals surface area contributed by atoms with E-state index in [0.717, 1.165) is 0 Å². The van der Waals surface area contributed by atoms with E-state index in [1.54, 1.807) is 17.9 Å². The number of hydrogen-bond acceptors (Lipinski definition) is 2. The van der Waals surface area contributed by atoms with Crippen LogP contribution in [-0.2, 0) is 4.79 Å². The molecule has 1 saturated heterocycles. The summed E-state index contributed by atoms with van der Waals surface area (Å²) in [5.41, 5.74) is 6.31. The highest BCUT2D eigenvalue weighted by molar-refractivity contribution is 5.95. The Balaban J connectivity index is 2.19. The summed E-state index contributed by atoms with van der Waals surface area (Å²) < 4.78 is 13.3. The van der Waals surface area contributed by atoms with E-state index in [2.05, 4.69) is 0 Å². The number of nitrogens with zero attached hydrogens (tertiary/aromatic N) is 1. The van der Waals surface area contributed by atoms with Crippen LogP contribution in [0, 0.1) is 24.6 Å². The van der Waals surface area contributed by atoms with Crippen LogP contribution >= 0.6 is 0 Å². The molecule has 1 fully saturated rings. The first kappa shape index (κ1) is 13.5. The molecule has 19 heavy (non-hydrogen) atoms. The standard InChI is InChI=1S/C14H17FN2O2/c1-8-3-10(5-11(15)4-8)14(19)17-6-9(2)12(7-17)13(16)18/h3-5,9,12H,6-7H2,1-2H3,(H2,16,18)/t9-,12-/m1/s1. The average molecular weight is 264 g/mol. The zero-order chi connectivity index (χ0) is 14.2. The van der Waals surface area contributed by atoms with Crippen molar-refractivity contribution in [2.45, 2.75) is 13.8 Å². The molecule has 102 valence electrons. The zero-order valence-corrected chi connectivity index (χ0v) is 11.0. The zero-order valence-electron chi connectivity index (χ0n) is 11.0. The first-order valence-corrected chi connectivity index (χ1v) is 6.24. The van der Waals surface area contributed by atoms with Crippen LogP contribution in [0.2, 0.25) is 0 Å². The number of likely N-dealkylation sites (tertiary alicyclic amines) is 1. The Labute approximate surface area is 111 Å². The fourth-order valence-corrected chi connectivity index (χ4v) is 2.55. The molecule has 0 saturated carbocycles. The van der Waals surface area contributed by atoms with Crippen molar-refractivity contribution < 1.29 is 14.0 Å². The quantitative estimate of drug-likeness (QED) is 0.875. The van der Waals surface area contributed by atoms with Crippen LogP contribution in [0.1, 0.15) is 22.8 Å². The Kier molecular flexibility index (Phi) is 3.55. The number of carbonyl (C=O) groups excluding carboxylic acids is 2. The molecule has 1 aliphatic rings. The summed E-state index contributed by atoms with van der Waals surface area (Å²) in [4.78, 5) is 25.1. The largest absolute Gasteiger partial charge is 0.369 e. The van der Waals surface area contributed by atoms with Gasteiger partial charge in [-0.3, -0.25) is 9.59 Å². The SMILES string of the molecule is Cc1cc(F)cc(C(=O)N2C[C@@H](C)[C@H](C(N)=O)C2)c1. The topological polar surface area (TPSA) is 63.4 Å². The molecule has 0 bridgehead atoms. The summed E-state index contributed by atoms with van der Waals surface area (Å²) in [6.07, 6.45) is 0. The first-order valence-electron chi connectivity index (χ1n) is 6.24. The van der Waals surface area contributed by atoms with Gasteiger partial charge in [-0.1, -0.05) is 6.92 Å². The van der Waals surface area contributed by atoms with Gasteiger partial charge in [-0.25, -0.2) is 4.39 Å². The number of primary amides is 1. The summed E-state index contributed by atoms with van der Waals surface area (Å²) in [5, 5.41) is 0. The lowest BCUT2D eigenvalue weighted by atomic mass is 9.98. The van der Waals surface area contributed by atoms with Crippen molar-refractivity contribution in [2.24, 2.45) is 17.6 Å². The molecule has 1 aromatic rings. The number of halogens is 1. The van der Waals surface area contributed by atoms with E-state index in [-0.39, 0.29) is 17.7 Å². The van der Waals surface area contributed by atoms with E-state index in [1.165, 1.54) is 12.1 Å². The van der Waals surface area contributed by atoms with Gasteiger partial charge >= 0.3 is 0 Å². The maximum atomic E-state index is 13.3. The van der Waals surface area contributed by atoms with Crippen molar-refractivity contribution in [2.75, 3.05) is 13.1 Å². The molecular weight excluding hydrogens is 247 g/mol. The van der Waals surface area contributed by atoms with Crippen molar-refractivity contribution in [3.8, 4) is 0 Å². The number of hydrogen-bond donors (Lipinski definition) is 1. The highest BCUT2D eigenvalue weighted by Gasteiger charge is 2.36. The van der Waals surface area contributed by atoms with E-state index in [0.29, 0.717) is 24.2 Å². The Bertz CT molecular complexity index is 510. The minimum Gasteiger partial charge on any atom is -0.369 e. The first-order chi connectivity index (χ1) is 8.88. The summed E-state index contributed by atoms with van der Waals surface area (Å²) in [6.45, 7) is 4.41. The lowest BCUT2D eigenvalue weighted by Crippen LogP contribution is -2.32. The summed E-state index contributed by atoms with van der Waals surface area (Å²) in [7, 11) is 0. The Morgan fingerprint density at radius 2 is 2.00 bits per heavy atom. The maximum Gasteiger partial charge on any atom is 0.253 e. The third kappa shape index (κ3) is 2.75. The van der Waals surface area contributed by atoms with E-state index >= 15 is 0 Å². The van der Waals surface area contributed by atoms with Crippen molar-refractivity contribution in [3.63, 3.8) is 0 Å². The molecule has 1 heterocycles. The maximum absolute atomic E-state index is 13.3. The lowest BCUT2D eigenvalue weighted by Gasteiger charge is -2.16. The van der Waals surface area contributed by atoms with Gasteiger partial charge in [0.2, 0.25) is 5.91 Å². The number of aryl methyl sites for hydroxylation is 1. The second-order valence-electron chi connectivity index (χ2n) is 5.21. The Morgan fingerprint density at radius 3 is 2.53 bits per heavy atom. The van der Waals surface area contributed by atoms with Crippen molar-refractivity contribution in [3.05, 3.63) is 35.1 Å². The molecule has 0 aliphatic carbocycles. The predicted octanol–water partition coefficient (Wildman–Crippen LogP) is 1.33. The number of carbonyl (C=O) groups is 2. The van der Waals surface area contributed by atoms with Crippen LogP contribution < -0.4 is 5.73 Å². The fraction of sp³-hybridized carbons (Fsp3) is 0.429. The van der Waals surface area contributed by atoms with Gasteiger partial charge in [0, 0.05) is 18.7 Å². The number of benzene rings is 1.